The van der Waals surface area contributed by atoms with Gasteiger partial charge in [0.2, 0.25) is 0 Å². The van der Waals surface area contributed by atoms with Gasteiger partial charge in [0.1, 0.15) is 6.54 Å². The van der Waals surface area contributed by atoms with Crippen LogP contribution >= 0.6 is 11.6 Å². The molecule has 3 heterocycles. The zero-order valence-electron chi connectivity index (χ0n) is 21.7. The van der Waals surface area contributed by atoms with Crippen LogP contribution < -0.4 is 10.9 Å². The van der Waals surface area contributed by atoms with E-state index in [9.17, 15) is 14.4 Å². The zero-order valence-corrected chi connectivity index (χ0v) is 22.5. The third-order valence-corrected chi connectivity index (χ3v) is 6.69. The number of nitrogens with zero attached hydrogens (tertiary/aromatic N) is 4. The lowest BCUT2D eigenvalue weighted by atomic mass is 10.0. The standard InChI is InChI=1S/C30H26ClN5O4/c1-40-29(38)19-36-27-10-9-24(31)14-25(27)26(34-36)17-33-30(39)23-13-22(15-32-16-23)12-20-5-7-21(8-6-20)18-35-11-3-2-4-28(35)37/h2-11,13-16H,12,17-19H2,1H3,(H,33,39). The van der Waals surface area contributed by atoms with Crippen LogP contribution in [0.25, 0.3) is 10.9 Å². The molecule has 202 valence electrons. The molecule has 1 amide bonds. The Balaban J connectivity index is 1.25. The number of carbonyl (C=O) groups is 2. The van der Waals surface area contributed by atoms with Gasteiger partial charge in [-0.15, -0.1) is 0 Å². The van der Waals surface area contributed by atoms with Gasteiger partial charge in [-0.3, -0.25) is 24.0 Å². The number of hydrogen-bond donors (Lipinski definition) is 1. The first kappa shape index (κ1) is 26.8. The van der Waals surface area contributed by atoms with Gasteiger partial charge in [-0.25, -0.2) is 0 Å². The lowest BCUT2D eigenvalue weighted by Crippen LogP contribution is -2.23. The first-order valence-electron chi connectivity index (χ1n) is 12.6. The van der Waals surface area contributed by atoms with Crippen LogP contribution in [0.2, 0.25) is 5.02 Å². The highest BCUT2D eigenvalue weighted by molar-refractivity contribution is 6.31. The number of halogens is 1. The normalized spacial score (nSPS) is 10.9. The molecule has 0 radical (unpaired) electrons. The van der Waals surface area contributed by atoms with Gasteiger partial charge in [0.15, 0.2) is 0 Å². The fourth-order valence-electron chi connectivity index (χ4n) is 4.42. The van der Waals surface area contributed by atoms with Crippen molar-refractivity contribution in [2.45, 2.75) is 26.1 Å². The van der Waals surface area contributed by atoms with E-state index in [1.165, 1.54) is 18.0 Å². The molecule has 9 nitrogen and oxygen atoms in total. The summed E-state index contributed by atoms with van der Waals surface area (Å²) >= 11 is 6.19. The fraction of sp³-hybridized carbons (Fsp3) is 0.167. The van der Waals surface area contributed by atoms with Gasteiger partial charge >= 0.3 is 5.97 Å². The van der Waals surface area contributed by atoms with Crippen molar-refractivity contribution in [3.05, 3.63) is 129 Å². The second-order valence-corrected chi connectivity index (χ2v) is 9.70. The number of hydrogen-bond acceptors (Lipinski definition) is 6. The molecule has 5 rings (SSSR count). The minimum atomic E-state index is -0.431. The van der Waals surface area contributed by atoms with Crippen molar-refractivity contribution in [2.24, 2.45) is 0 Å². The maximum atomic E-state index is 13.0. The molecule has 3 aromatic heterocycles. The molecule has 2 aromatic carbocycles. The van der Waals surface area contributed by atoms with Gasteiger partial charge in [0.05, 0.1) is 37.0 Å². The molecule has 1 N–H and O–H groups in total. The van der Waals surface area contributed by atoms with Gasteiger partial charge in [-0.05, 0) is 53.4 Å². The summed E-state index contributed by atoms with van der Waals surface area (Å²) in [5, 5.41) is 8.66. The number of methoxy groups -OCH3 is 1. The molecule has 0 unspecified atom stereocenters. The number of benzene rings is 2. The Bertz CT molecular complexity index is 1740. The van der Waals surface area contributed by atoms with Crippen LogP contribution in [0.4, 0.5) is 0 Å². The van der Waals surface area contributed by atoms with Gasteiger partial charge < -0.3 is 14.6 Å². The van der Waals surface area contributed by atoms with E-state index in [0.29, 0.717) is 34.8 Å². The van der Waals surface area contributed by atoms with E-state index >= 15 is 0 Å². The Morgan fingerprint density at radius 3 is 2.55 bits per heavy atom. The number of esters is 1. The van der Waals surface area contributed by atoms with E-state index in [2.05, 4.69) is 15.4 Å². The maximum Gasteiger partial charge on any atom is 0.327 e. The summed E-state index contributed by atoms with van der Waals surface area (Å²) < 4.78 is 7.95. The van der Waals surface area contributed by atoms with E-state index in [1.807, 2.05) is 36.4 Å². The number of ether oxygens (including phenoxy) is 1. The average molecular weight is 556 g/mol. The van der Waals surface area contributed by atoms with Crippen molar-refractivity contribution in [3.63, 3.8) is 0 Å². The smallest absolute Gasteiger partial charge is 0.327 e. The van der Waals surface area contributed by atoms with Crippen molar-refractivity contribution in [2.75, 3.05) is 7.11 Å². The Morgan fingerprint density at radius 2 is 1.77 bits per heavy atom. The van der Waals surface area contributed by atoms with Gasteiger partial charge in [0.25, 0.3) is 11.5 Å². The summed E-state index contributed by atoms with van der Waals surface area (Å²) in [4.78, 5) is 41.0. The first-order valence-corrected chi connectivity index (χ1v) is 12.9. The van der Waals surface area contributed by atoms with Crippen LogP contribution in [0.1, 0.15) is 32.7 Å². The van der Waals surface area contributed by atoms with Crippen molar-refractivity contribution >= 4 is 34.4 Å². The zero-order chi connectivity index (χ0) is 28.1. The third-order valence-electron chi connectivity index (χ3n) is 6.45. The largest absolute Gasteiger partial charge is 0.468 e. The number of carbonyl (C=O) groups excluding carboxylic acids is 2. The van der Waals surface area contributed by atoms with Crippen LogP contribution in [0.3, 0.4) is 0 Å². The SMILES string of the molecule is COC(=O)Cn1nc(CNC(=O)c2cncc(Cc3ccc(Cn4ccccc4=O)cc3)c2)c2cc(Cl)ccc21. The van der Waals surface area contributed by atoms with Crippen molar-refractivity contribution in [1.29, 1.82) is 0 Å². The fourth-order valence-corrected chi connectivity index (χ4v) is 4.59. The highest BCUT2D eigenvalue weighted by Crippen LogP contribution is 2.23. The minimum absolute atomic E-state index is 0.0423. The molecule has 0 aliphatic rings. The predicted molar refractivity (Wildman–Crippen MR) is 151 cm³/mol. The molecule has 0 aliphatic carbocycles. The second-order valence-electron chi connectivity index (χ2n) is 9.27. The summed E-state index contributed by atoms with van der Waals surface area (Å²) in [6.07, 6.45) is 5.62. The van der Waals surface area contributed by atoms with E-state index in [1.54, 1.807) is 47.3 Å². The summed E-state index contributed by atoms with van der Waals surface area (Å²) in [6, 6.07) is 20.2. The number of nitrogens with one attached hydrogen (secondary N) is 1. The highest BCUT2D eigenvalue weighted by atomic mass is 35.5. The third kappa shape index (κ3) is 6.27. The monoisotopic (exact) mass is 555 g/mol. The molecule has 10 heteroatoms. The van der Waals surface area contributed by atoms with Gasteiger partial charge in [0, 0.05) is 35.1 Å². The van der Waals surface area contributed by atoms with Crippen LogP contribution in [-0.4, -0.2) is 38.3 Å². The summed E-state index contributed by atoms with van der Waals surface area (Å²) in [7, 11) is 1.32. The minimum Gasteiger partial charge on any atom is -0.468 e. The van der Waals surface area contributed by atoms with E-state index in [-0.39, 0.29) is 24.6 Å². The van der Waals surface area contributed by atoms with Crippen molar-refractivity contribution in [3.8, 4) is 0 Å². The molecule has 0 atom stereocenters. The Hall–Kier alpha value is -4.76. The Morgan fingerprint density at radius 1 is 0.975 bits per heavy atom. The first-order chi connectivity index (χ1) is 19.4. The molecule has 40 heavy (non-hydrogen) atoms. The number of amides is 1. The van der Waals surface area contributed by atoms with E-state index in [0.717, 1.165) is 22.1 Å². The topological polar surface area (TPSA) is 108 Å². The van der Waals surface area contributed by atoms with Crippen molar-refractivity contribution < 1.29 is 14.3 Å². The van der Waals surface area contributed by atoms with Crippen LogP contribution in [-0.2, 0) is 35.6 Å². The molecular formula is C30H26ClN5O4. The van der Waals surface area contributed by atoms with E-state index < -0.39 is 5.97 Å². The van der Waals surface area contributed by atoms with Gasteiger partial charge in [-0.1, -0.05) is 41.9 Å². The number of pyridine rings is 2. The Kier molecular flexibility index (Phi) is 8.02. The van der Waals surface area contributed by atoms with Crippen molar-refractivity contribution in [1.82, 2.24) is 24.6 Å². The lowest BCUT2D eigenvalue weighted by Gasteiger charge is -2.08. The lowest BCUT2D eigenvalue weighted by molar-refractivity contribution is -0.141. The molecule has 0 saturated heterocycles. The molecular weight excluding hydrogens is 530 g/mol. The molecule has 5 aromatic rings. The second kappa shape index (κ2) is 12.0. The molecule has 0 bridgehead atoms. The summed E-state index contributed by atoms with van der Waals surface area (Å²) in [6.45, 7) is 0.583. The van der Waals surface area contributed by atoms with Gasteiger partial charge in [-0.2, -0.15) is 5.10 Å². The highest BCUT2D eigenvalue weighted by Gasteiger charge is 2.15. The molecule has 0 aliphatic heterocycles. The predicted octanol–water partition coefficient (Wildman–Crippen LogP) is 3.99. The quantitative estimate of drug-likeness (QED) is 0.276. The molecule has 0 fully saturated rings. The average Bonchev–Trinajstić information content (AvgIpc) is 3.30. The van der Waals surface area contributed by atoms with Crippen LogP contribution in [0.15, 0.2) is 90.1 Å². The van der Waals surface area contributed by atoms with Crippen LogP contribution in [0.5, 0.6) is 0 Å². The molecule has 0 spiro atoms. The maximum absolute atomic E-state index is 13.0. The summed E-state index contributed by atoms with van der Waals surface area (Å²) in [5.74, 6) is -0.727. The number of rotatable bonds is 9. The van der Waals surface area contributed by atoms with Crippen LogP contribution in [0, 0.1) is 0 Å². The summed E-state index contributed by atoms with van der Waals surface area (Å²) in [5.41, 5.74) is 4.64. The number of fused-ring (bicyclic) bond motifs is 1. The number of aromatic nitrogens is 4. The van der Waals surface area contributed by atoms with E-state index in [4.69, 9.17) is 16.3 Å². The Labute approximate surface area is 235 Å². The molecule has 0 saturated carbocycles.